The zero-order chi connectivity index (χ0) is 18.8. The van der Waals surface area contributed by atoms with E-state index in [0.29, 0.717) is 25.1 Å². The average Bonchev–Trinajstić information content (AvgIpc) is 3.05. The van der Waals surface area contributed by atoms with E-state index in [1.54, 1.807) is 13.2 Å². The second-order valence-electron chi connectivity index (χ2n) is 6.99. The molecule has 1 N–H and O–H groups in total. The van der Waals surface area contributed by atoms with Gasteiger partial charge in [-0.15, -0.1) is 0 Å². The highest BCUT2D eigenvalue weighted by atomic mass is 16.2. The maximum atomic E-state index is 13.2. The molecule has 2 amide bonds. The zero-order valence-electron chi connectivity index (χ0n) is 15.3. The molecule has 0 radical (unpaired) electrons. The first-order valence-corrected chi connectivity index (χ1v) is 9.12. The van der Waals surface area contributed by atoms with Gasteiger partial charge in [-0.1, -0.05) is 6.07 Å². The van der Waals surface area contributed by atoms with Crippen molar-refractivity contribution in [1.29, 1.82) is 0 Å². The van der Waals surface area contributed by atoms with Gasteiger partial charge in [0.2, 0.25) is 5.91 Å². The van der Waals surface area contributed by atoms with Crippen LogP contribution in [0.3, 0.4) is 0 Å². The molecule has 4 rings (SSSR count). The minimum atomic E-state index is -0.0164. The summed E-state index contributed by atoms with van der Waals surface area (Å²) in [6.45, 7) is 1.83. The summed E-state index contributed by atoms with van der Waals surface area (Å²) < 4.78 is 2.14. The Morgan fingerprint density at radius 2 is 2.07 bits per heavy atom. The van der Waals surface area contributed by atoms with Crippen molar-refractivity contribution in [3.63, 3.8) is 0 Å². The summed E-state index contributed by atoms with van der Waals surface area (Å²) in [5.74, 6) is 0.0572. The van der Waals surface area contributed by atoms with Gasteiger partial charge in [0.15, 0.2) is 0 Å². The minimum absolute atomic E-state index is 0.000199. The molecule has 1 aromatic carbocycles. The number of aromatic nitrogens is 2. The molecule has 1 aliphatic rings. The molecule has 0 bridgehead atoms. The number of rotatable bonds is 3. The van der Waals surface area contributed by atoms with Crippen LogP contribution in [0.4, 0.5) is 0 Å². The van der Waals surface area contributed by atoms with E-state index in [0.717, 1.165) is 23.1 Å². The lowest BCUT2D eigenvalue weighted by molar-refractivity contribution is -0.121. The van der Waals surface area contributed by atoms with Gasteiger partial charge in [0.05, 0.1) is 12.1 Å². The number of pyridine rings is 1. The van der Waals surface area contributed by atoms with Gasteiger partial charge >= 0.3 is 0 Å². The van der Waals surface area contributed by atoms with Crippen LogP contribution in [0.25, 0.3) is 10.9 Å². The highest BCUT2D eigenvalue weighted by molar-refractivity contribution is 5.98. The van der Waals surface area contributed by atoms with Crippen LogP contribution in [0.2, 0.25) is 0 Å². The standard InChI is InChI=1S/C21H22N4O2/c1-22-20(26)10-15-12-24-9-3-5-18(24)14-25(13-15)21(27)17-6-7-19-16(11-17)4-2-8-23-19/h2-9,11,15H,10,12-14H2,1H3,(H,22,26)/t15-/m1/s1. The lowest BCUT2D eigenvalue weighted by atomic mass is 10.0. The molecule has 138 valence electrons. The molecular formula is C21H22N4O2. The van der Waals surface area contributed by atoms with E-state index in [4.69, 9.17) is 0 Å². The van der Waals surface area contributed by atoms with E-state index < -0.39 is 0 Å². The number of carbonyl (C=O) groups excluding carboxylic acids is 2. The van der Waals surface area contributed by atoms with Gasteiger partial charge < -0.3 is 14.8 Å². The third kappa shape index (κ3) is 3.56. The van der Waals surface area contributed by atoms with Crippen LogP contribution in [-0.4, -0.2) is 39.9 Å². The van der Waals surface area contributed by atoms with Crippen LogP contribution in [-0.2, 0) is 17.9 Å². The Kier molecular flexibility index (Phi) is 4.62. The third-order valence-corrected chi connectivity index (χ3v) is 5.10. The van der Waals surface area contributed by atoms with Crippen molar-refractivity contribution in [3.8, 4) is 0 Å². The van der Waals surface area contributed by atoms with Gasteiger partial charge in [-0.2, -0.15) is 0 Å². The molecule has 1 aliphatic heterocycles. The normalized spacial score (nSPS) is 16.6. The van der Waals surface area contributed by atoms with Crippen molar-refractivity contribution in [2.45, 2.75) is 19.5 Å². The maximum absolute atomic E-state index is 13.2. The number of nitrogens with zero attached hydrogens (tertiary/aromatic N) is 3. The first-order valence-electron chi connectivity index (χ1n) is 9.12. The monoisotopic (exact) mass is 362 g/mol. The lowest BCUT2D eigenvalue weighted by Crippen LogP contribution is -2.35. The second kappa shape index (κ2) is 7.23. The van der Waals surface area contributed by atoms with E-state index in [1.807, 2.05) is 53.6 Å². The van der Waals surface area contributed by atoms with Gasteiger partial charge in [0, 0.05) is 61.5 Å². The van der Waals surface area contributed by atoms with Gasteiger partial charge in [-0.25, -0.2) is 0 Å². The van der Waals surface area contributed by atoms with Crippen LogP contribution in [0.1, 0.15) is 22.5 Å². The summed E-state index contributed by atoms with van der Waals surface area (Å²) in [5.41, 5.74) is 2.61. The number of nitrogens with one attached hydrogen (secondary N) is 1. The maximum Gasteiger partial charge on any atom is 0.254 e. The zero-order valence-corrected chi connectivity index (χ0v) is 15.3. The van der Waals surface area contributed by atoms with E-state index in [9.17, 15) is 9.59 Å². The number of amides is 2. The Labute approximate surface area is 157 Å². The van der Waals surface area contributed by atoms with Crippen molar-refractivity contribution in [2.24, 2.45) is 5.92 Å². The molecule has 0 aliphatic carbocycles. The van der Waals surface area contributed by atoms with E-state index in [-0.39, 0.29) is 17.7 Å². The number of fused-ring (bicyclic) bond motifs is 2. The fourth-order valence-corrected chi connectivity index (χ4v) is 3.72. The van der Waals surface area contributed by atoms with Crippen molar-refractivity contribution in [1.82, 2.24) is 19.8 Å². The van der Waals surface area contributed by atoms with Crippen molar-refractivity contribution in [2.75, 3.05) is 13.6 Å². The fourth-order valence-electron chi connectivity index (χ4n) is 3.72. The molecule has 2 aromatic heterocycles. The van der Waals surface area contributed by atoms with E-state index in [2.05, 4.69) is 14.9 Å². The highest BCUT2D eigenvalue weighted by Gasteiger charge is 2.27. The van der Waals surface area contributed by atoms with E-state index in [1.165, 1.54) is 0 Å². The summed E-state index contributed by atoms with van der Waals surface area (Å²) in [6, 6.07) is 13.5. The van der Waals surface area contributed by atoms with E-state index >= 15 is 0 Å². The number of benzene rings is 1. The average molecular weight is 362 g/mol. The van der Waals surface area contributed by atoms with Crippen LogP contribution in [0.5, 0.6) is 0 Å². The highest BCUT2D eigenvalue weighted by Crippen LogP contribution is 2.22. The SMILES string of the molecule is CNC(=O)C[C@H]1CN(C(=O)c2ccc3ncccc3c2)Cc2cccn2C1. The van der Waals surface area contributed by atoms with Crippen LogP contribution >= 0.6 is 0 Å². The predicted molar refractivity (Wildman–Crippen MR) is 103 cm³/mol. The molecule has 3 heterocycles. The molecule has 0 fully saturated rings. The fraction of sp³-hybridized carbons (Fsp3) is 0.286. The molecule has 1 atom stereocenters. The lowest BCUT2D eigenvalue weighted by Gasteiger charge is -2.24. The summed E-state index contributed by atoms with van der Waals surface area (Å²) in [6.07, 6.45) is 4.16. The van der Waals surface area contributed by atoms with Gasteiger partial charge in [-0.3, -0.25) is 14.6 Å². The Bertz CT molecular complexity index is 995. The molecule has 6 heteroatoms. The van der Waals surface area contributed by atoms with Crippen molar-refractivity contribution >= 4 is 22.7 Å². The molecule has 0 saturated carbocycles. The first-order chi connectivity index (χ1) is 13.1. The summed E-state index contributed by atoms with van der Waals surface area (Å²) in [4.78, 5) is 31.3. The summed E-state index contributed by atoms with van der Waals surface area (Å²) >= 11 is 0. The smallest absolute Gasteiger partial charge is 0.254 e. The van der Waals surface area contributed by atoms with Crippen molar-refractivity contribution < 1.29 is 9.59 Å². The topological polar surface area (TPSA) is 67.2 Å². The van der Waals surface area contributed by atoms with Gasteiger partial charge in [0.25, 0.3) is 5.91 Å². The van der Waals surface area contributed by atoms with Crippen LogP contribution in [0.15, 0.2) is 54.9 Å². The summed E-state index contributed by atoms with van der Waals surface area (Å²) in [7, 11) is 1.64. The molecular weight excluding hydrogens is 340 g/mol. The Morgan fingerprint density at radius 3 is 2.93 bits per heavy atom. The van der Waals surface area contributed by atoms with Crippen molar-refractivity contribution in [3.05, 3.63) is 66.1 Å². The number of hydrogen-bond acceptors (Lipinski definition) is 3. The molecule has 6 nitrogen and oxygen atoms in total. The Balaban J connectivity index is 1.63. The van der Waals surface area contributed by atoms with Crippen LogP contribution in [0, 0.1) is 5.92 Å². The number of hydrogen-bond donors (Lipinski definition) is 1. The molecule has 27 heavy (non-hydrogen) atoms. The van der Waals surface area contributed by atoms with Crippen LogP contribution < -0.4 is 5.32 Å². The minimum Gasteiger partial charge on any atom is -0.359 e. The van der Waals surface area contributed by atoms with Gasteiger partial charge in [-0.05, 0) is 36.4 Å². The quantitative estimate of drug-likeness (QED) is 0.778. The summed E-state index contributed by atoms with van der Waals surface area (Å²) in [5, 5.41) is 3.64. The van der Waals surface area contributed by atoms with Gasteiger partial charge in [0.1, 0.15) is 0 Å². The Hall–Kier alpha value is -3.15. The molecule has 3 aromatic rings. The molecule has 0 unspecified atom stereocenters. The number of carbonyl (C=O) groups is 2. The molecule has 0 saturated heterocycles. The molecule has 0 spiro atoms. The third-order valence-electron chi connectivity index (χ3n) is 5.10. The predicted octanol–water partition coefficient (Wildman–Crippen LogP) is 2.44. The second-order valence-corrected chi connectivity index (χ2v) is 6.99. The largest absolute Gasteiger partial charge is 0.359 e. The Morgan fingerprint density at radius 1 is 1.19 bits per heavy atom. The first kappa shape index (κ1) is 17.3.